The van der Waals surface area contributed by atoms with Gasteiger partial charge in [0.05, 0.1) is 9.90 Å². The SMILES string of the molecule is Cc1ccc(C(=O)N2CCN(S(=O)(=O)c3ccc(Cl)s3)CC2)c(O)c1. The molecule has 1 fully saturated rings. The standard InChI is InChI=1S/C16H17ClN2O4S2/c1-11-2-3-12(13(20)10-11)16(21)18-6-8-19(9-7-18)25(22,23)15-5-4-14(17)24-15/h2-5,10,20H,6-9H2,1H3. The van der Waals surface area contributed by atoms with Gasteiger partial charge in [0.2, 0.25) is 0 Å². The highest BCUT2D eigenvalue weighted by atomic mass is 35.5. The topological polar surface area (TPSA) is 77.9 Å². The summed E-state index contributed by atoms with van der Waals surface area (Å²) in [6, 6.07) is 7.93. The smallest absolute Gasteiger partial charge is 0.257 e. The second kappa shape index (κ2) is 6.95. The van der Waals surface area contributed by atoms with Gasteiger partial charge in [-0.05, 0) is 36.8 Å². The molecule has 6 nitrogen and oxygen atoms in total. The molecule has 1 aromatic carbocycles. The highest BCUT2D eigenvalue weighted by Crippen LogP contribution is 2.29. The van der Waals surface area contributed by atoms with Crippen molar-refractivity contribution in [2.75, 3.05) is 26.2 Å². The zero-order valence-electron chi connectivity index (χ0n) is 13.5. The number of phenols is 1. The molecule has 2 heterocycles. The molecule has 1 N–H and O–H groups in total. The van der Waals surface area contributed by atoms with E-state index in [9.17, 15) is 18.3 Å². The molecule has 1 aromatic heterocycles. The lowest BCUT2D eigenvalue weighted by molar-refractivity contribution is 0.0695. The maximum atomic E-state index is 12.6. The number of halogens is 1. The minimum absolute atomic E-state index is 0.0618. The Balaban J connectivity index is 1.70. The second-order valence-electron chi connectivity index (χ2n) is 5.78. The van der Waals surface area contributed by atoms with Crippen LogP contribution in [0.4, 0.5) is 0 Å². The van der Waals surface area contributed by atoms with Crippen molar-refractivity contribution in [3.63, 3.8) is 0 Å². The molecule has 1 aliphatic heterocycles. The van der Waals surface area contributed by atoms with Crippen LogP contribution < -0.4 is 0 Å². The van der Waals surface area contributed by atoms with Crippen molar-refractivity contribution >= 4 is 38.9 Å². The molecule has 2 aromatic rings. The number of sulfonamides is 1. The summed E-state index contributed by atoms with van der Waals surface area (Å²) in [5.41, 5.74) is 1.09. The molecule has 1 aliphatic rings. The maximum absolute atomic E-state index is 12.6. The Morgan fingerprint density at radius 3 is 2.40 bits per heavy atom. The quantitative estimate of drug-likeness (QED) is 0.858. The molecule has 0 bridgehead atoms. The fourth-order valence-corrected chi connectivity index (χ4v) is 5.75. The summed E-state index contributed by atoms with van der Waals surface area (Å²) in [6.45, 7) is 2.77. The van der Waals surface area contributed by atoms with Crippen LogP contribution in [0, 0.1) is 6.92 Å². The molecule has 0 unspecified atom stereocenters. The first-order valence-electron chi connectivity index (χ1n) is 7.63. The number of aromatic hydroxyl groups is 1. The molecule has 9 heteroatoms. The Morgan fingerprint density at radius 1 is 1.16 bits per heavy atom. The monoisotopic (exact) mass is 400 g/mol. The van der Waals surface area contributed by atoms with Crippen LogP contribution >= 0.6 is 22.9 Å². The van der Waals surface area contributed by atoms with E-state index in [-0.39, 0.29) is 47.6 Å². The number of carbonyl (C=O) groups is 1. The third-order valence-corrected chi connectivity index (χ3v) is 7.65. The molecule has 134 valence electrons. The van der Waals surface area contributed by atoms with Crippen molar-refractivity contribution in [3.05, 3.63) is 45.8 Å². The van der Waals surface area contributed by atoms with E-state index in [2.05, 4.69) is 0 Å². The molecular formula is C16H17ClN2O4S2. The number of rotatable bonds is 3. The molecule has 0 radical (unpaired) electrons. The van der Waals surface area contributed by atoms with Gasteiger partial charge >= 0.3 is 0 Å². The number of piperazine rings is 1. The van der Waals surface area contributed by atoms with Crippen molar-refractivity contribution in [3.8, 4) is 5.75 Å². The van der Waals surface area contributed by atoms with Crippen LogP contribution in [0.2, 0.25) is 4.34 Å². The number of hydrogen-bond donors (Lipinski definition) is 1. The number of benzene rings is 1. The van der Waals surface area contributed by atoms with Crippen molar-refractivity contribution in [1.29, 1.82) is 0 Å². The summed E-state index contributed by atoms with van der Waals surface area (Å²) in [4.78, 5) is 14.1. The summed E-state index contributed by atoms with van der Waals surface area (Å²) in [7, 11) is -3.59. The number of phenolic OH excluding ortho intramolecular Hbond substituents is 1. The largest absolute Gasteiger partial charge is 0.507 e. The normalized spacial score (nSPS) is 16.2. The Kier molecular flexibility index (Phi) is 5.06. The number of amides is 1. The highest BCUT2D eigenvalue weighted by Gasteiger charge is 2.31. The van der Waals surface area contributed by atoms with Crippen LogP contribution in [-0.4, -0.2) is 54.8 Å². The Morgan fingerprint density at radius 2 is 1.84 bits per heavy atom. The lowest BCUT2D eigenvalue weighted by Crippen LogP contribution is -2.50. The maximum Gasteiger partial charge on any atom is 0.257 e. The summed E-state index contributed by atoms with van der Waals surface area (Å²) in [6.07, 6.45) is 0. The molecular weight excluding hydrogens is 384 g/mol. The van der Waals surface area contributed by atoms with Crippen molar-refractivity contribution in [2.24, 2.45) is 0 Å². The first-order chi connectivity index (χ1) is 11.8. The highest BCUT2D eigenvalue weighted by molar-refractivity contribution is 7.91. The van der Waals surface area contributed by atoms with Gasteiger partial charge < -0.3 is 10.0 Å². The van der Waals surface area contributed by atoms with E-state index in [4.69, 9.17) is 11.6 Å². The van der Waals surface area contributed by atoms with Gasteiger partial charge in [-0.3, -0.25) is 4.79 Å². The molecule has 1 saturated heterocycles. The minimum Gasteiger partial charge on any atom is -0.507 e. The predicted molar refractivity (Wildman–Crippen MR) is 96.8 cm³/mol. The van der Waals surface area contributed by atoms with Gasteiger partial charge in [0.1, 0.15) is 9.96 Å². The van der Waals surface area contributed by atoms with Gasteiger partial charge in [-0.15, -0.1) is 11.3 Å². The molecule has 0 saturated carbocycles. The van der Waals surface area contributed by atoms with Gasteiger partial charge in [0.25, 0.3) is 15.9 Å². The first-order valence-corrected chi connectivity index (χ1v) is 10.3. The Hall–Kier alpha value is -1.61. The van der Waals surface area contributed by atoms with E-state index >= 15 is 0 Å². The Labute approximate surface area is 155 Å². The Bertz CT molecular complexity index is 903. The van der Waals surface area contributed by atoms with Gasteiger partial charge in [0.15, 0.2) is 0 Å². The van der Waals surface area contributed by atoms with E-state index in [1.165, 1.54) is 16.4 Å². The van der Waals surface area contributed by atoms with Crippen LogP contribution in [-0.2, 0) is 10.0 Å². The minimum atomic E-state index is -3.59. The molecule has 3 rings (SSSR count). The van der Waals surface area contributed by atoms with Crippen LogP contribution in [0.5, 0.6) is 5.75 Å². The number of thiophene rings is 1. The van der Waals surface area contributed by atoms with Crippen molar-refractivity contribution < 1.29 is 18.3 Å². The van der Waals surface area contributed by atoms with Crippen LogP contribution in [0.15, 0.2) is 34.5 Å². The third kappa shape index (κ3) is 3.67. The van der Waals surface area contributed by atoms with Crippen LogP contribution in [0.3, 0.4) is 0 Å². The summed E-state index contributed by atoms with van der Waals surface area (Å²) in [5.74, 6) is -0.359. The van der Waals surface area contributed by atoms with E-state index in [1.54, 1.807) is 23.1 Å². The summed E-state index contributed by atoms with van der Waals surface area (Å²) < 4.78 is 27.1. The van der Waals surface area contributed by atoms with Crippen molar-refractivity contribution in [2.45, 2.75) is 11.1 Å². The lowest BCUT2D eigenvalue weighted by Gasteiger charge is -2.33. The molecule has 0 atom stereocenters. The van der Waals surface area contributed by atoms with Crippen LogP contribution in [0.25, 0.3) is 0 Å². The van der Waals surface area contributed by atoms with Gasteiger partial charge in [0, 0.05) is 26.2 Å². The third-order valence-electron chi connectivity index (χ3n) is 4.05. The second-order valence-corrected chi connectivity index (χ2v) is 9.66. The predicted octanol–water partition coefficient (Wildman–Crippen LogP) is 2.56. The zero-order chi connectivity index (χ0) is 18.2. The van der Waals surface area contributed by atoms with Gasteiger partial charge in [-0.2, -0.15) is 4.31 Å². The molecule has 0 spiro atoms. The number of hydrogen-bond acceptors (Lipinski definition) is 5. The number of nitrogens with zero attached hydrogens (tertiary/aromatic N) is 2. The average Bonchev–Trinajstić information content (AvgIpc) is 3.02. The van der Waals surface area contributed by atoms with Crippen LogP contribution in [0.1, 0.15) is 15.9 Å². The van der Waals surface area contributed by atoms with E-state index in [0.29, 0.717) is 4.34 Å². The van der Waals surface area contributed by atoms with Gasteiger partial charge in [-0.1, -0.05) is 17.7 Å². The van der Waals surface area contributed by atoms with E-state index < -0.39 is 10.0 Å². The molecule has 1 amide bonds. The fraction of sp³-hybridized carbons (Fsp3) is 0.312. The summed E-state index contributed by atoms with van der Waals surface area (Å²) in [5, 5.41) is 9.96. The fourth-order valence-electron chi connectivity index (χ4n) is 2.69. The number of carbonyl (C=O) groups excluding carboxylic acids is 1. The summed E-state index contributed by atoms with van der Waals surface area (Å²) >= 11 is 6.84. The van der Waals surface area contributed by atoms with Gasteiger partial charge in [-0.25, -0.2) is 8.42 Å². The lowest BCUT2D eigenvalue weighted by atomic mass is 10.1. The van der Waals surface area contributed by atoms with E-state index in [1.807, 2.05) is 6.92 Å². The molecule has 0 aliphatic carbocycles. The zero-order valence-corrected chi connectivity index (χ0v) is 15.9. The molecule has 25 heavy (non-hydrogen) atoms. The average molecular weight is 401 g/mol. The first kappa shape index (κ1) is 18.2. The number of aryl methyl sites for hydroxylation is 1. The van der Waals surface area contributed by atoms with E-state index in [0.717, 1.165) is 16.9 Å². The van der Waals surface area contributed by atoms with Crippen molar-refractivity contribution in [1.82, 2.24) is 9.21 Å².